The van der Waals surface area contributed by atoms with Gasteiger partial charge in [-0.1, -0.05) is 11.6 Å². The fourth-order valence-electron chi connectivity index (χ4n) is 2.93. The molecule has 22 heavy (non-hydrogen) atoms. The van der Waals surface area contributed by atoms with Gasteiger partial charge < -0.3 is 15.0 Å². The molecule has 0 spiro atoms. The van der Waals surface area contributed by atoms with Gasteiger partial charge in [0.25, 0.3) is 0 Å². The van der Waals surface area contributed by atoms with Gasteiger partial charge >= 0.3 is 0 Å². The predicted octanol–water partition coefficient (Wildman–Crippen LogP) is 4.19. The maximum Gasteiger partial charge on any atom is 0.183 e. The van der Waals surface area contributed by atoms with Crippen LogP contribution in [0.2, 0.25) is 0 Å². The molecule has 1 aliphatic rings. The van der Waals surface area contributed by atoms with Gasteiger partial charge in [-0.25, -0.2) is 4.98 Å². The van der Waals surface area contributed by atoms with Crippen LogP contribution in [0.4, 0.5) is 5.13 Å². The van der Waals surface area contributed by atoms with Crippen LogP contribution in [0.1, 0.15) is 18.4 Å². The SMILES string of the molecule is Cc1ccc2[nH]cc(-c3csc(NCC4CCCO4)n3)c2c1. The van der Waals surface area contributed by atoms with Gasteiger partial charge in [-0.05, 0) is 31.9 Å². The summed E-state index contributed by atoms with van der Waals surface area (Å²) in [4.78, 5) is 8.05. The molecule has 1 atom stereocenters. The van der Waals surface area contributed by atoms with Crippen molar-refractivity contribution in [2.45, 2.75) is 25.9 Å². The standard InChI is InChI=1S/C17H19N3OS/c1-11-4-5-15-13(7-11)14(9-18-15)16-10-22-17(20-16)19-8-12-3-2-6-21-12/h4-5,7,9-10,12,18H,2-3,6,8H2,1H3,(H,19,20). The van der Waals surface area contributed by atoms with Crippen LogP contribution < -0.4 is 5.32 Å². The highest BCUT2D eigenvalue weighted by molar-refractivity contribution is 7.14. The Kier molecular flexibility index (Phi) is 3.60. The number of rotatable bonds is 4. The Morgan fingerprint density at radius 3 is 3.27 bits per heavy atom. The first-order chi connectivity index (χ1) is 10.8. The first-order valence-corrected chi connectivity index (χ1v) is 8.57. The van der Waals surface area contributed by atoms with Gasteiger partial charge in [-0.3, -0.25) is 0 Å². The van der Waals surface area contributed by atoms with E-state index in [9.17, 15) is 0 Å². The summed E-state index contributed by atoms with van der Waals surface area (Å²) in [7, 11) is 0. The number of benzene rings is 1. The maximum atomic E-state index is 5.63. The molecule has 1 unspecified atom stereocenters. The highest BCUT2D eigenvalue weighted by atomic mass is 32.1. The molecule has 1 aromatic carbocycles. The van der Waals surface area contributed by atoms with Crippen molar-refractivity contribution in [3.8, 4) is 11.3 Å². The van der Waals surface area contributed by atoms with Crippen LogP contribution in [0.5, 0.6) is 0 Å². The van der Waals surface area contributed by atoms with E-state index >= 15 is 0 Å². The van der Waals surface area contributed by atoms with Crippen molar-refractivity contribution < 1.29 is 4.74 Å². The average Bonchev–Trinajstić information content (AvgIpc) is 3.25. The number of ether oxygens (including phenoxy) is 1. The van der Waals surface area contributed by atoms with E-state index in [1.165, 1.54) is 22.9 Å². The van der Waals surface area contributed by atoms with Crippen molar-refractivity contribution in [3.63, 3.8) is 0 Å². The zero-order chi connectivity index (χ0) is 14.9. The van der Waals surface area contributed by atoms with Gasteiger partial charge in [0.05, 0.1) is 11.8 Å². The third-order valence-corrected chi connectivity index (χ3v) is 4.92. The summed E-state index contributed by atoms with van der Waals surface area (Å²) < 4.78 is 5.63. The molecule has 2 aromatic heterocycles. The smallest absolute Gasteiger partial charge is 0.183 e. The molecule has 0 amide bonds. The summed E-state index contributed by atoms with van der Waals surface area (Å²) in [5.74, 6) is 0. The third-order valence-electron chi connectivity index (χ3n) is 4.12. The monoisotopic (exact) mass is 313 g/mol. The number of anilines is 1. The fourth-order valence-corrected chi connectivity index (χ4v) is 3.65. The van der Waals surface area contributed by atoms with Crippen LogP contribution in [0.3, 0.4) is 0 Å². The maximum absolute atomic E-state index is 5.63. The minimum absolute atomic E-state index is 0.336. The van der Waals surface area contributed by atoms with Crippen LogP contribution in [0.15, 0.2) is 29.8 Å². The molecular weight excluding hydrogens is 294 g/mol. The lowest BCUT2D eigenvalue weighted by molar-refractivity contribution is 0.120. The van der Waals surface area contributed by atoms with Gasteiger partial charge in [0.2, 0.25) is 0 Å². The lowest BCUT2D eigenvalue weighted by Crippen LogP contribution is -2.18. The lowest BCUT2D eigenvalue weighted by Gasteiger charge is -2.09. The van der Waals surface area contributed by atoms with Crippen LogP contribution >= 0.6 is 11.3 Å². The molecular formula is C17H19N3OS. The summed E-state index contributed by atoms with van der Waals surface area (Å²) in [5.41, 5.74) is 4.61. The minimum Gasteiger partial charge on any atom is -0.376 e. The molecule has 1 fully saturated rings. The van der Waals surface area contributed by atoms with E-state index in [2.05, 4.69) is 40.8 Å². The fraction of sp³-hybridized carbons (Fsp3) is 0.353. The van der Waals surface area contributed by atoms with Crippen molar-refractivity contribution in [1.82, 2.24) is 9.97 Å². The third kappa shape index (κ3) is 2.62. The number of H-pyrrole nitrogens is 1. The van der Waals surface area contributed by atoms with E-state index in [-0.39, 0.29) is 0 Å². The largest absolute Gasteiger partial charge is 0.376 e. The quantitative estimate of drug-likeness (QED) is 0.759. The second kappa shape index (κ2) is 5.74. The Morgan fingerprint density at radius 2 is 2.41 bits per heavy atom. The van der Waals surface area contributed by atoms with E-state index in [1.54, 1.807) is 11.3 Å². The van der Waals surface area contributed by atoms with E-state index in [1.807, 2.05) is 6.20 Å². The molecule has 4 rings (SSSR count). The average molecular weight is 313 g/mol. The summed E-state index contributed by atoms with van der Waals surface area (Å²) >= 11 is 1.65. The second-order valence-electron chi connectivity index (χ2n) is 5.81. The zero-order valence-electron chi connectivity index (χ0n) is 12.6. The number of thiazole rings is 1. The van der Waals surface area contributed by atoms with Crippen molar-refractivity contribution >= 4 is 27.4 Å². The predicted molar refractivity (Wildman–Crippen MR) is 91.6 cm³/mol. The van der Waals surface area contributed by atoms with Crippen molar-refractivity contribution in [1.29, 1.82) is 0 Å². The van der Waals surface area contributed by atoms with E-state index in [0.717, 1.165) is 35.9 Å². The molecule has 0 bridgehead atoms. The van der Waals surface area contributed by atoms with Gasteiger partial charge in [0.1, 0.15) is 0 Å². The van der Waals surface area contributed by atoms with Crippen LogP contribution in [0, 0.1) is 6.92 Å². The van der Waals surface area contributed by atoms with Gasteiger partial charge in [0, 0.05) is 41.2 Å². The van der Waals surface area contributed by atoms with Gasteiger partial charge in [0.15, 0.2) is 5.13 Å². The number of hydrogen-bond acceptors (Lipinski definition) is 4. The molecule has 3 aromatic rings. The Balaban J connectivity index is 1.55. The second-order valence-corrected chi connectivity index (χ2v) is 6.66. The molecule has 0 radical (unpaired) electrons. The minimum atomic E-state index is 0.336. The van der Waals surface area contributed by atoms with Gasteiger partial charge in [-0.15, -0.1) is 11.3 Å². The molecule has 5 heteroatoms. The summed E-state index contributed by atoms with van der Waals surface area (Å²) in [6, 6.07) is 6.45. The highest BCUT2D eigenvalue weighted by Gasteiger charge is 2.16. The topological polar surface area (TPSA) is 49.9 Å². The van der Waals surface area contributed by atoms with Gasteiger partial charge in [-0.2, -0.15) is 0 Å². The number of nitrogens with zero attached hydrogens (tertiary/aromatic N) is 1. The number of hydrogen-bond donors (Lipinski definition) is 2. The number of aromatic nitrogens is 2. The van der Waals surface area contributed by atoms with Crippen LogP contribution in [-0.2, 0) is 4.74 Å². The molecule has 4 nitrogen and oxygen atoms in total. The van der Waals surface area contributed by atoms with E-state index in [0.29, 0.717) is 6.10 Å². The summed E-state index contributed by atoms with van der Waals surface area (Å²) in [6.07, 6.45) is 4.70. The Hall–Kier alpha value is -1.85. The molecule has 114 valence electrons. The Morgan fingerprint density at radius 1 is 1.45 bits per heavy atom. The first-order valence-electron chi connectivity index (χ1n) is 7.69. The molecule has 0 aliphatic carbocycles. The zero-order valence-corrected chi connectivity index (χ0v) is 13.4. The Bertz CT molecular complexity index is 786. The van der Waals surface area contributed by atoms with Crippen LogP contribution in [0.25, 0.3) is 22.2 Å². The van der Waals surface area contributed by atoms with E-state index in [4.69, 9.17) is 9.72 Å². The molecule has 1 aliphatic heterocycles. The van der Waals surface area contributed by atoms with Crippen molar-refractivity contribution in [3.05, 3.63) is 35.3 Å². The molecule has 2 N–H and O–H groups in total. The summed E-state index contributed by atoms with van der Waals surface area (Å²) in [5, 5.41) is 7.71. The lowest BCUT2D eigenvalue weighted by atomic mass is 10.1. The van der Waals surface area contributed by atoms with E-state index < -0.39 is 0 Å². The molecule has 1 saturated heterocycles. The van der Waals surface area contributed by atoms with Crippen molar-refractivity contribution in [2.24, 2.45) is 0 Å². The Labute approximate surface area is 133 Å². The molecule has 3 heterocycles. The first kappa shape index (κ1) is 13.8. The van der Waals surface area contributed by atoms with Crippen molar-refractivity contribution in [2.75, 3.05) is 18.5 Å². The number of aromatic amines is 1. The number of nitrogens with one attached hydrogen (secondary N) is 2. The number of aryl methyl sites for hydroxylation is 1. The number of fused-ring (bicyclic) bond motifs is 1. The summed E-state index contributed by atoms with van der Waals surface area (Å²) in [6.45, 7) is 3.86. The van der Waals surface area contributed by atoms with Crippen LogP contribution in [-0.4, -0.2) is 29.2 Å². The normalized spacial score (nSPS) is 18.1. The molecule has 0 saturated carbocycles. The highest BCUT2D eigenvalue weighted by Crippen LogP contribution is 2.31.